The number of carboxylic acids is 1. The number of nitriles is 1. The summed E-state index contributed by atoms with van der Waals surface area (Å²) in [5, 5.41) is 22.2. The molecular formula is C69H85BN5O5U-. The zero-order chi connectivity index (χ0) is 58.0. The molecule has 0 aliphatic heterocycles. The minimum absolute atomic E-state index is 0. The minimum atomic E-state index is -0.770. The van der Waals surface area contributed by atoms with Gasteiger partial charge in [0.2, 0.25) is 5.91 Å². The van der Waals surface area contributed by atoms with Crippen molar-refractivity contribution < 1.29 is 56.1 Å². The number of hydrogen-bond acceptors (Lipinski definition) is 8. The number of benzene rings is 6. The third-order valence-electron chi connectivity index (χ3n) is 12.9. The molecule has 8 aromatic rings. The van der Waals surface area contributed by atoms with Gasteiger partial charge in [0, 0.05) is 55.8 Å². The van der Waals surface area contributed by atoms with Crippen LogP contribution in [0.25, 0.3) is 21.8 Å². The van der Waals surface area contributed by atoms with Gasteiger partial charge in [0.15, 0.2) is 0 Å². The Balaban J connectivity index is 0.000000522. The number of hydrogen-bond donors (Lipinski definition) is 3. The molecule has 81 heavy (non-hydrogen) atoms. The average molecular weight is 1320 g/mol. The van der Waals surface area contributed by atoms with Crippen LogP contribution in [0.2, 0.25) is 0 Å². The van der Waals surface area contributed by atoms with Gasteiger partial charge in [0.1, 0.15) is 6.29 Å². The monoisotopic (exact) mass is 1310 g/mol. The fourth-order valence-electron chi connectivity index (χ4n) is 8.43. The average Bonchev–Trinajstić information content (AvgIpc) is 3.51. The Labute approximate surface area is 510 Å². The van der Waals surface area contributed by atoms with E-state index in [0.29, 0.717) is 18.5 Å². The second-order valence-corrected chi connectivity index (χ2v) is 19.6. The van der Waals surface area contributed by atoms with E-state index < -0.39 is 5.97 Å². The van der Waals surface area contributed by atoms with Crippen molar-refractivity contribution in [2.24, 2.45) is 0 Å². The van der Waals surface area contributed by atoms with Crippen LogP contribution in [0.15, 0.2) is 170 Å². The van der Waals surface area contributed by atoms with Crippen LogP contribution in [-0.4, -0.2) is 48.4 Å². The number of anilines is 2. The fraction of sp³-hybridized carbons (Fsp3) is 0.333. The third-order valence-corrected chi connectivity index (χ3v) is 12.9. The SMILES string of the molecule is CCCCCc1ccc(C=O)cc1.CCCCCc1ccc(CC#N)cc1.CCCCCc1ccc(CC(=O)Nc2cnc3ccccc3c2)cc1.CCCCCc1ccc(CC(=O)O)cc1.Nc1cnc2ccccc2c1.[3H][B].[OH-].[U]. The van der Waals surface area contributed by atoms with E-state index in [1.807, 2.05) is 109 Å². The largest absolute Gasteiger partial charge is 0.870 e. The second kappa shape index (κ2) is 43.9. The molecule has 0 bridgehead atoms. The number of pyridine rings is 2. The van der Waals surface area contributed by atoms with E-state index in [1.165, 1.54) is 106 Å². The maximum Gasteiger partial charge on any atom is 0.307 e. The number of carbonyl (C=O) groups excluding carboxylic acids is 2. The van der Waals surface area contributed by atoms with Crippen molar-refractivity contribution in [2.45, 2.75) is 150 Å². The van der Waals surface area contributed by atoms with Crippen LogP contribution in [0.1, 0.15) is 154 Å². The van der Waals surface area contributed by atoms with E-state index in [2.05, 4.69) is 106 Å². The van der Waals surface area contributed by atoms with Crippen LogP contribution >= 0.6 is 0 Å². The van der Waals surface area contributed by atoms with Crippen LogP contribution in [0.4, 0.5) is 11.4 Å². The molecule has 424 valence electrons. The number of nitrogens with zero attached hydrogens (tertiary/aromatic N) is 3. The Bertz CT molecular complexity index is 3010. The molecule has 0 saturated heterocycles. The molecule has 2 aromatic heterocycles. The van der Waals surface area contributed by atoms with Gasteiger partial charge in [-0.15, -0.1) is 0 Å². The third kappa shape index (κ3) is 30.5. The number of carboxylic acid groups (broad SMARTS) is 1. The van der Waals surface area contributed by atoms with Crippen molar-refractivity contribution in [3.63, 3.8) is 0 Å². The van der Waals surface area contributed by atoms with Crippen LogP contribution in [-0.2, 0) is 54.5 Å². The molecule has 1 amide bonds. The summed E-state index contributed by atoms with van der Waals surface area (Å²) in [5.41, 5.74) is 18.1. The van der Waals surface area contributed by atoms with Crippen LogP contribution in [0, 0.1) is 42.4 Å². The summed E-state index contributed by atoms with van der Waals surface area (Å²) < 4.78 is 5.25. The molecule has 0 spiro atoms. The number of nitrogens with one attached hydrogen (secondary N) is 1. The molecule has 6 aromatic carbocycles. The van der Waals surface area contributed by atoms with E-state index in [9.17, 15) is 14.4 Å². The molecule has 5 N–H and O–H groups in total. The van der Waals surface area contributed by atoms with Crippen LogP contribution < -0.4 is 11.1 Å². The van der Waals surface area contributed by atoms with Crippen molar-refractivity contribution in [1.82, 2.24) is 9.97 Å². The zero-order valence-corrected chi connectivity index (χ0v) is 52.5. The van der Waals surface area contributed by atoms with E-state index in [4.69, 9.17) is 17.4 Å². The van der Waals surface area contributed by atoms with Gasteiger partial charge in [-0.05, 0) is 116 Å². The molecule has 8 rings (SSSR count). The van der Waals surface area contributed by atoms with Gasteiger partial charge in [0.05, 0.1) is 60.1 Å². The summed E-state index contributed by atoms with van der Waals surface area (Å²) in [6.45, 7) is 8.83. The summed E-state index contributed by atoms with van der Waals surface area (Å²) >= 11 is 0. The number of aromatic nitrogens is 2. The molecule has 10 nitrogen and oxygen atoms in total. The summed E-state index contributed by atoms with van der Waals surface area (Å²) in [4.78, 5) is 41.6. The van der Waals surface area contributed by atoms with Crippen LogP contribution in [0.5, 0.6) is 0 Å². The molecule has 0 aliphatic rings. The smallest absolute Gasteiger partial charge is 0.307 e. The molecular weight excluding hydrogens is 1230 g/mol. The van der Waals surface area contributed by atoms with E-state index in [-0.39, 0.29) is 48.9 Å². The second-order valence-electron chi connectivity index (χ2n) is 19.6. The Kier molecular flexibility index (Phi) is 38.0. The number of unbranched alkanes of at least 4 members (excludes halogenated alkanes) is 8. The van der Waals surface area contributed by atoms with Gasteiger partial charge in [-0.3, -0.25) is 24.4 Å². The van der Waals surface area contributed by atoms with Gasteiger partial charge in [-0.25, -0.2) is 0 Å². The normalized spacial score (nSPS) is 9.94. The Morgan fingerprint density at radius 3 is 1.33 bits per heavy atom. The number of aliphatic carboxylic acids is 1. The van der Waals surface area contributed by atoms with Crippen molar-refractivity contribution >= 4 is 59.7 Å². The summed E-state index contributed by atoms with van der Waals surface area (Å²) in [6, 6.07) is 54.3. The number of aryl methyl sites for hydroxylation is 4. The van der Waals surface area contributed by atoms with E-state index in [0.717, 1.165) is 75.3 Å². The maximum absolute atomic E-state index is 12.3. The molecule has 0 atom stereocenters. The number of para-hydroxylation sites is 2. The first-order valence-electron chi connectivity index (χ1n) is 28.7. The quantitative estimate of drug-likeness (QED) is 0.0318. The predicted octanol–water partition coefficient (Wildman–Crippen LogP) is 15.9. The zero-order valence-electron chi connectivity index (χ0n) is 49.3. The van der Waals surface area contributed by atoms with Crippen LogP contribution in [0.3, 0.4) is 0 Å². The Morgan fingerprint density at radius 2 is 0.926 bits per heavy atom. The van der Waals surface area contributed by atoms with Crippen molar-refractivity contribution in [3.05, 3.63) is 215 Å². The minimum Gasteiger partial charge on any atom is -0.870 e. The van der Waals surface area contributed by atoms with Crippen molar-refractivity contribution in [3.8, 4) is 6.07 Å². The molecule has 0 unspecified atom stereocenters. The van der Waals surface area contributed by atoms with Crippen molar-refractivity contribution in [2.75, 3.05) is 11.1 Å². The first-order valence-corrected chi connectivity index (χ1v) is 28.2. The Hall–Kier alpha value is -6.88. The predicted molar refractivity (Wildman–Crippen MR) is 334 cm³/mol. The number of nitrogens with two attached hydrogens (primary N) is 1. The van der Waals surface area contributed by atoms with Gasteiger partial charge in [0.25, 0.3) is 0 Å². The number of amides is 1. The van der Waals surface area contributed by atoms with Crippen molar-refractivity contribution in [1.29, 1.82) is 6.60 Å². The molecule has 12 heteroatoms. The first-order chi connectivity index (χ1) is 39.0. The van der Waals surface area contributed by atoms with E-state index in [1.54, 1.807) is 12.4 Å². The fourth-order valence-corrected chi connectivity index (χ4v) is 8.43. The number of aldehydes is 1. The van der Waals surface area contributed by atoms with Gasteiger partial charge < -0.3 is 21.6 Å². The number of nitrogen functional groups attached to an aromatic ring is 1. The molecule has 0 saturated carbocycles. The van der Waals surface area contributed by atoms with Gasteiger partial charge in [-0.1, -0.05) is 213 Å². The molecule has 0 fully saturated rings. The summed E-state index contributed by atoms with van der Waals surface area (Å²) in [7, 11) is 3.75. The number of rotatable bonds is 23. The maximum atomic E-state index is 12.3. The summed E-state index contributed by atoms with van der Waals surface area (Å²) in [6.07, 6.45) is 24.9. The van der Waals surface area contributed by atoms with E-state index >= 15 is 0 Å². The topological polar surface area (TPSA) is 189 Å². The Morgan fingerprint density at radius 1 is 0.556 bits per heavy atom. The summed E-state index contributed by atoms with van der Waals surface area (Å²) in [5.74, 6) is -0.787. The van der Waals surface area contributed by atoms with Gasteiger partial charge in [-0.2, -0.15) is 5.26 Å². The number of fused-ring (bicyclic) bond motifs is 2. The molecule has 2 heterocycles. The molecule has 0 aliphatic carbocycles. The first kappa shape index (κ1) is 70.2. The van der Waals surface area contributed by atoms with Gasteiger partial charge >= 0.3 is 5.97 Å². The number of carbonyl (C=O) groups is 3. The standard InChI is InChI=1S/C22H24N2O.C13H17N.C13H18O2.C12H16O.C9H8N2.BH.H2O.U/c1-2-3-4-7-17-10-12-18(13-11-17)14-22(25)24-20-15-19-8-5-6-9-21(19)23-16-20;1-2-3-4-5-12-6-8-13(9-7-12)10-11-14;1-2-3-4-5-11-6-8-12(9-7-11)10-13(14)15;1-2-3-4-5-11-6-8-12(10-13)9-7-11;10-8-5-7-3-1-2-4-9(7)11-6-8;;;/h5-6,8-13,15-16H,2-4,7,14H2,1H3,(H,24,25);6-9H,2-5,10H2,1H3;6-9H,2-5,10H2,1H3,(H,14,15);6-10H,2-5H2,1H3;1-6H,10H2;1H;1H2;/p-1/i;;;;;1T;;. The molecule has 2 radical (unpaired) electrons.